The molecule has 1 aromatic carbocycles. The summed E-state index contributed by atoms with van der Waals surface area (Å²) >= 11 is 1.78. The third-order valence-corrected chi connectivity index (χ3v) is 6.41. The van der Waals surface area contributed by atoms with Gasteiger partial charge in [0.25, 0.3) is 0 Å². The lowest BCUT2D eigenvalue weighted by Gasteiger charge is -2.26. The molecule has 1 aliphatic heterocycles. The van der Waals surface area contributed by atoms with Crippen LogP contribution in [0.4, 0.5) is 0 Å². The molecule has 0 bridgehead atoms. The Hall–Kier alpha value is -1.46. The zero-order chi connectivity index (χ0) is 16.4. The van der Waals surface area contributed by atoms with E-state index in [1.807, 2.05) is 6.07 Å². The van der Waals surface area contributed by atoms with Crippen LogP contribution in [0.5, 0.6) is 0 Å². The minimum atomic E-state index is 0.190. The monoisotopic (exact) mass is 343 g/mol. The van der Waals surface area contributed by atoms with Crippen LogP contribution in [0.3, 0.4) is 0 Å². The van der Waals surface area contributed by atoms with Gasteiger partial charge in [-0.3, -0.25) is 9.69 Å². The molecule has 24 heavy (non-hydrogen) atoms. The van der Waals surface area contributed by atoms with E-state index in [0.717, 1.165) is 37.7 Å². The molecule has 128 valence electrons. The van der Waals surface area contributed by atoms with Crippen LogP contribution in [-0.4, -0.2) is 34.9 Å². The van der Waals surface area contributed by atoms with Gasteiger partial charge in [-0.05, 0) is 44.4 Å². The summed E-state index contributed by atoms with van der Waals surface area (Å²) in [4.78, 5) is 19.6. The summed E-state index contributed by atoms with van der Waals surface area (Å²) in [5.41, 5.74) is 1.08. The summed E-state index contributed by atoms with van der Waals surface area (Å²) in [6, 6.07) is 9.01. The SMILES string of the molecule is O=C(CN1CCC[C@H]1c1nc2ccccc2s1)NC1CCCCC1. The molecular formula is C19H25N3OS. The van der Waals surface area contributed by atoms with Crippen LogP contribution < -0.4 is 5.32 Å². The Kier molecular flexibility index (Phi) is 4.81. The van der Waals surface area contributed by atoms with Gasteiger partial charge in [0.15, 0.2) is 0 Å². The van der Waals surface area contributed by atoms with Crippen molar-refractivity contribution >= 4 is 27.5 Å². The highest BCUT2D eigenvalue weighted by atomic mass is 32.1. The molecule has 1 N–H and O–H groups in total. The molecule has 4 rings (SSSR count). The molecule has 1 amide bonds. The number of carbonyl (C=O) groups excluding carboxylic acids is 1. The summed E-state index contributed by atoms with van der Waals surface area (Å²) in [7, 11) is 0. The van der Waals surface area contributed by atoms with Crippen molar-refractivity contribution in [2.24, 2.45) is 0 Å². The van der Waals surface area contributed by atoms with Crippen molar-refractivity contribution in [3.8, 4) is 0 Å². The third-order valence-electron chi connectivity index (χ3n) is 5.28. The number of hydrogen-bond acceptors (Lipinski definition) is 4. The van der Waals surface area contributed by atoms with E-state index >= 15 is 0 Å². The fraction of sp³-hybridized carbons (Fsp3) is 0.579. The van der Waals surface area contributed by atoms with E-state index < -0.39 is 0 Å². The summed E-state index contributed by atoms with van der Waals surface area (Å²) < 4.78 is 1.24. The molecule has 1 saturated heterocycles. The predicted molar refractivity (Wildman–Crippen MR) is 98.2 cm³/mol. The largest absolute Gasteiger partial charge is 0.352 e. The molecule has 2 heterocycles. The topological polar surface area (TPSA) is 45.2 Å². The smallest absolute Gasteiger partial charge is 0.234 e. The van der Waals surface area contributed by atoms with Gasteiger partial charge in [-0.2, -0.15) is 0 Å². The minimum absolute atomic E-state index is 0.190. The third kappa shape index (κ3) is 3.47. The van der Waals surface area contributed by atoms with Crippen LogP contribution >= 0.6 is 11.3 Å². The summed E-state index contributed by atoms with van der Waals surface area (Å²) in [6.45, 7) is 1.51. The first kappa shape index (κ1) is 16.0. The Bertz CT molecular complexity index is 674. The maximum atomic E-state index is 12.4. The maximum absolute atomic E-state index is 12.4. The molecule has 0 radical (unpaired) electrons. The summed E-state index contributed by atoms with van der Waals surface area (Å²) in [5, 5.41) is 4.41. The molecule has 2 fully saturated rings. The van der Waals surface area contributed by atoms with E-state index in [2.05, 4.69) is 28.4 Å². The van der Waals surface area contributed by atoms with E-state index in [1.165, 1.54) is 29.0 Å². The van der Waals surface area contributed by atoms with Crippen molar-refractivity contribution in [3.05, 3.63) is 29.3 Å². The van der Waals surface area contributed by atoms with E-state index in [1.54, 1.807) is 11.3 Å². The van der Waals surface area contributed by atoms with Gasteiger partial charge in [0, 0.05) is 6.04 Å². The van der Waals surface area contributed by atoms with Crippen LogP contribution in [-0.2, 0) is 4.79 Å². The molecule has 0 unspecified atom stereocenters. The van der Waals surface area contributed by atoms with Crippen molar-refractivity contribution in [3.63, 3.8) is 0 Å². The Labute approximate surface area is 147 Å². The van der Waals surface area contributed by atoms with Gasteiger partial charge in [-0.25, -0.2) is 4.98 Å². The number of aromatic nitrogens is 1. The first-order chi connectivity index (χ1) is 11.8. The van der Waals surface area contributed by atoms with Gasteiger partial charge in [0.05, 0.1) is 22.8 Å². The number of nitrogens with one attached hydrogen (secondary N) is 1. The van der Waals surface area contributed by atoms with Crippen LogP contribution in [0.1, 0.15) is 56.0 Å². The quantitative estimate of drug-likeness (QED) is 0.916. The van der Waals surface area contributed by atoms with Gasteiger partial charge in [-0.1, -0.05) is 31.4 Å². The van der Waals surface area contributed by atoms with Crippen molar-refractivity contribution in [1.29, 1.82) is 0 Å². The van der Waals surface area contributed by atoms with Crippen molar-refractivity contribution in [1.82, 2.24) is 15.2 Å². The number of fused-ring (bicyclic) bond motifs is 1. The number of carbonyl (C=O) groups is 1. The van der Waals surface area contributed by atoms with E-state index in [-0.39, 0.29) is 5.91 Å². The van der Waals surface area contributed by atoms with E-state index in [0.29, 0.717) is 18.6 Å². The molecule has 2 aromatic rings. The standard InChI is InChI=1S/C19H25N3OS/c23-18(20-14-7-2-1-3-8-14)13-22-12-6-10-16(22)19-21-15-9-4-5-11-17(15)24-19/h4-5,9,11,14,16H,1-3,6-8,10,12-13H2,(H,20,23)/t16-/m0/s1. The number of amides is 1. The fourth-order valence-electron chi connectivity index (χ4n) is 4.03. The average Bonchev–Trinajstić information content (AvgIpc) is 3.21. The number of nitrogens with zero attached hydrogens (tertiary/aromatic N) is 2. The Morgan fingerprint density at radius 2 is 2.00 bits per heavy atom. The number of hydrogen-bond donors (Lipinski definition) is 1. The molecular weight excluding hydrogens is 318 g/mol. The Morgan fingerprint density at radius 1 is 1.17 bits per heavy atom. The zero-order valence-electron chi connectivity index (χ0n) is 14.0. The average molecular weight is 343 g/mol. The molecule has 1 aliphatic carbocycles. The highest BCUT2D eigenvalue weighted by Crippen LogP contribution is 2.36. The zero-order valence-corrected chi connectivity index (χ0v) is 14.9. The number of benzene rings is 1. The van der Waals surface area contributed by atoms with Crippen LogP contribution in [0.25, 0.3) is 10.2 Å². The fourth-order valence-corrected chi connectivity index (χ4v) is 5.17. The lowest BCUT2D eigenvalue weighted by molar-refractivity contribution is -0.123. The molecule has 5 heteroatoms. The molecule has 2 aliphatic rings. The van der Waals surface area contributed by atoms with Gasteiger partial charge in [0.1, 0.15) is 5.01 Å². The number of likely N-dealkylation sites (tertiary alicyclic amines) is 1. The lowest BCUT2D eigenvalue weighted by atomic mass is 9.95. The van der Waals surface area contributed by atoms with Crippen LogP contribution in [0.15, 0.2) is 24.3 Å². The predicted octanol–water partition coefficient (Wildman–Crippen LogP) is 3.88. The molecule has 1 saturated carbocycles. The second-order valence-corrected chi connectivity index (χ2v) is 8.11. The molecule has 4 nitrogen and oxygen atoms in total. The van der Waals surface area contributed by atoms with Gasteiger partial charge < -0.3 is 5.32 Å². The van der Waals surface area contributed by atoms with Crippen LogP contribution in [0.2, 0.25) is 0 Å². The van der Waals surface area contributed by atoms with Crippen LogP contribution in [0, 0.1) is 0 Å². The Balaban J connectivity index is 1.41. The number of rotatable bonds is 4. The summed E-state index contributed by atoms with van der Waals surface area (Å²) in [5.74, 6) is 0.190. The highest BCUT2D eigenvalue weighted by molar-refractivity contribution is 7.18. The number of thiazole rings is 1. The van der Waals surface area contributed by atoms with Crippen molar-refractivity contribution in [2.75, 3.05) is 13.1 Å². The lowest BCUT2D eigenvalue weighted by Crippen LogP contribution is -2.42. The highest BCUT2D eigenvalue weighted by Gasteiger charge is 2.30. The number of para-hydroxylation sites is 1. The van der Waals surface area contributed by atoms with Crippen molar-refractivity contribution < 1.29 is 4.79 Å². The normalized spacial score (nSPS) is 22.9. The first-order valence-corrected chi connectivity index (χ1v) is 10.00. The van der Waals surface area contributed by atoms with E-state index in [9.17, 15) is 4.79 Å². The van der Waals surface area contributed by atoms with Gasteiger partial charge >= 0.3 is 0 Å². The van der Waals surface area contributed by atoms with Gasteiger partial charge in [0.2, 0.25) is 5.91 Å². The molecule has 0 spiro atoms. The molecule has 1 atom stereocenters. The minimum Gasteiger partial charge on any atom is -0.352 e. The second kappa shape index (κ2) is 7.19. The first-order valence-electron chi connectivity index (χ1n) is 9.18. The van der Waals surface area contributed by atoms with Crippen molar-refractivity contribution in [2.45, 2.75) is 57.0 Å². The second-order valence-electron chi connectivity index (χ2n) is 7.05. The molecule has 1 aromatic heterocycles. The maximum Gasteiger partial charge on any atom is 0.234 e. The van der Waals surface area contributed by atoms with E-state index in [4.69, 9.17) is 4.98 Å². The summed E-state index contributed by atoms with van der Waals surface area (Å²) in [6.07, 6.45) is 8.37. The Morgan fingerprint density at radius 3 is 2.83 bits per heavy atom. The van der Waals surface area contributed by atoms with Gasteiger partial charge in [-0.15, -0.1) is 11.3 Å².